The Bertz CT molecular complexity index is 631. The molecule has 1 aromatic rings. The van der Waals surface area contributed by atoms with E-state index in [0.29, 0.717) is 17.6 Å². The topological polar surface area (TPSA) is 62.7 Å². The number of carbonyl (C=O) groups excluding carboxylic acids is 1. The molecule has 2 N–H and O–H groups in total. The molecule has 5 nitrogen and oxygen atoms in total. The molecule has 26 heavy (non-hydrogen) atoms. The van der Waals surface area contributed by atoms with Gasteiger partial charge < -0.3 is 15.4 Å². The number of aliphatic imine (C=N–C) groups is 1. The summed E-state index contributed by atoms with van der Waals surface area (Å²) in [5.74, 6) is 0.366. The number of nitrogens with zero attached hydrogens (tertiary/aromatic N) is 1. The number of guanidine groups is 1. The van der Waals surface area contributed by atoms with Gasteiger partial charge in [-0.3, -0.25) is 4.79 Å². The minimum atomic E-state index is -0.284. The molecule has 1 aliphatic carbocycles. The maximum atomic E-state index is 13.6. The SMILES string of the molecule is CCNC(=NCc1ccc(Br)c(F)c1)NC1CCC(C(=O)OCC)CC1. The molecule has 0 radical (unpaired) electrons. The zero-order chi connectivity index (χ0) is 18.9. The summed E-state index contributed by atoms with van der Waals surface area (Å²) in [5, 5.41) is 6.65. The van der Waals surface area contributed by atoms with Crippen LogP contribution in [-0.2, 0) is 16.1 Å². The molecular formula is C19H27BrFN3O2. The van der Waals surface area contributed by atoms with Crippen LogP contribution in [0.5, 0.6) is 0 Å². The van der Waals surface area contributed by atoms with Crippen LogP contribution in [0.1, 0.15) is 45.1 Å². The third kappa shape index (κ3) is 6.27. The van der Waals surface area contributed by atoms with E-state index in [9.17, 15) is 9.18 Å². The van der Waals surface area contributed by atoms with Gasteiger partial charge in [0.05, 0.1) is 23.5 Å². The fourth-order valence-corrected chi connectivity index (χ4v) is 3.30. The number of benzene rings is 1. The lowest BCUT2D eigenvalue weighted by atomic mass is 9.86. The lowest BCUT2D eigenvalue weighted by Crippen LogP contribution is -2.45. The molecule has 0 unspecified atom stereocenters. The number of halogens is 2. The predicted molar refractivity (Wildman–Crippen MR) is 104 cm³/mol. The van der Waals surface area contributed by atoms with Crippen LogP contribution in [0.25, 0.3) is 0 Å². The van der Waals surface area contributed by atoms with Gasteiger partial charge in [-0.15, -0.1) is 0 Å². The van der Waals surface area contributed by atoms with Crippen molar-refractivity contribution >= 4 is 27.9 Å². The summed E-state index contributed by atoms with van der Waals surface area (Å²) in [7, 11) is 0. The van der Waals surface area contributed by atoms with Crippen LogP contribution >= 0.6 is 15.9 Å². The highest BCUT2D eigenvalue weighted by molar-refractivity contribution is 9.10. The largest absolute Gasteiger partial charge is 0.466 e. The molecule has 1 fully saturated rings. The quantitative estimate of drug-likeness (QED) is 0.412. The second-order valence-corrected chi connectivity index (χ2v) is 7.24. The molecule has 0 saturated heterocycles. The third-order valence-electron chi connectivity index (χ3n) is 4.44. The van der Waals surface area contributed by atoms with E-state index in [4.69, 9.17) is 4.74 Å². The Balaban J connectivity index is 1.89. The monoisotopic (exact) mass is 427 g/mol. The van der Waals surface area contributed by atoms with Crippen LogP contribution in [0.2, 0.25) is 0 Å². The van der Waals surface area contributed by atoms with Gasteiger partial charge in [0, 0.05) is 12.6 Å². The summed E-state index contributed by atoms with van der Waals surface area (Å²) < 4.78 is 19.2. The lowest BCUT2D eigenvalue weighted by Gasteiger charge is -2.29. The van der Waals surface area contributed by atoms with Crippen LogP contribution in [0.3, 0.4) is 0 Å². The Labute approximate surface area is 162 Å². The van der Waals surface area contributed by atoms with E-state index >= 15 is 0 Å². The Morgan fingerprint density at radius 2 is 2.04 bits per heavy atom. The molecule has 0 amide bonds. The number of carbonyl (C=O) groups is 1. The summed E-state index contributed by atoms with van der Waals surface area (Å²) in [4.78, 5) is 16.4. The van der Waals surface area contributed by atoms with Gasteiger partial charge >= 0.3 is 5.97 Å². The maximum absolute atomic E-state index is 13.6. The molecule has 7 heteroatoms. The van der Waals surface area contributed by atoms with Crippen molar-refractivity contribution in [3.63, 3.8) is 0 Å². The van der Waals surface area contributed by atoms with Crippen molar-refractivity contribution in [3.05, 3.63) is 34.1 Å². The van der Waals surface area contributed by atoms with Crippen molar-refractivity contribution in [1.82, 2.24) is 10.6 Å². The first kappa shape index (κ1) is 20.7. The van der Waals surface area contributed by atoms with Crippen molar-refractivity contribution in [2.24, 2.45) is 10.9 Å². The molecule has 0 atom stereocenters. The summed E-state index contributed by atoms with van der Waals surface area (Å²) >= 11 is 3.16. The Kier molecular flexibility index (Phi) is 8.35. The van der Waals surface area contributed by atoms with Crippen molar-refractivity contribution in [2.75, 3.05) is 13.2 Å². The highest BCUT2D eigenvalue weighted by Crippen LogP contribution is 2.25. The summed E-state index contributed by atoms with van der Waals surface area (Å²) in [6, 6.07) is 5.31. The van der Waals surface area contributed by atoms with Crippen molar-refractivity contribution in [2.45, 2.75) is 52.1 Å². The molecular weight excluding hydrogens is 401 g/mol. The molecule has 1 saturated carbocycles. The number of rotatable bonds is 6. The van der Waals surface area contributed by atoms with Gasteiger partial charge in [-0.1, -0.05) is 6.07 Å². The fraction of sp³-hybridized carbons (Fsp3) is 0.579. The van der Waals surface area contributed by atoms with Crippen LogP contribution in [0.4, 0.5) is 4.39 Å². The van der Waals surface area contributed by atoms with E-state index in [1.807, 2.05) is 19.9 Å². The average molecular weight is 428 g/mol. The van der Waals surface area contributed by atoms with Gasteiger partial charge in [0.2, 0.25) is 0 Å². The van der Waals surface area contributed by atoms with E-state index in [2.05, 4.69) is 31.6 Å². The summed E-state index contributed by atoms with van der Waals surface area (Å²) in [5.41, 5.74) is 0.814. The maximum Gasteiger partial charge on any atom is 0.308 e. The first-order chi connectivity index (χ1) is 12.5. The summed E-state index contributed by atoms with van der Waals surface area (Å²) in [6.07, 6.45) is 3.46. The molecule has 1 aromatic carbocycles. The number of hydrogen-bond acceptors (Lipinski definition) is 3. The van der Waals surface area contributed by atoms with Crippen LogP contribution in [-0.4, -0.2) is 31.1 Å². The highest BCUT2D eigenvalue weighted by Gasteiger charge is 2.27. The molecule has 1 aliphatic rings. The Hall–Kier alpha value is -1.63. The zero-order valence-electron chi connectivity index (χ0n) is 15.4. The molecule has 0 spiro atoms. The van der Waals surface area contributed by atoms with E-state index in [1.165, 1.54) is 6.07 Å². The normalized spacial score (nSPS) is 20.5. The minimum absolute atomic E-state index is 0.0123. The van der Waals surface area contributed by atoms with Gasteiger partial charge in [0.1, 0.15) is 5.82 Å². The first-order valence-electron chi connectivity index (χ1n) is 9.18. The van der Waals surface area contributed by atoms with Crippen molar-refractivity contribution < 1.29 is 13.9 Å². The van der Waals surface area contributed by atoms with E-state index < -0.39 is 0 Å². The number of nitrogens with one attached hydrogen (secondary N) is 2. The summed E-state index contributed by atoms with van der Waals surface area (Å²) in [6.45, 7) is 5.43. The van der Waals surface area contributed by atoms with Crippen LogP contribution in [0, 0.1) is 11.7 Å². The Morgan fingerprint density at radius 3 is 2.65 bits per heavy atom. The van der Waals surface area contributed by atoms with E-state index in [1.54, 1.807) is 6.07 Å². The van der Waals surface area contributed by atoms with Crippen LogP contribution < -0.4 is 10.6 Å². The number of hydrogen-bond donors (Lipinski definition) is 2. The van der Waals surface area contributed by atoms with Crippen molar-refractivity contribution in [3.8, 4) is 0 Å². The molecule has 0 bridgehead atoms. The number of ether oxygens (including phenoxy) is 1. The van der Waals surface area contributed by atoms with Gasteiger partial charge in [-0.25, -0.2) is 9.38 Å². The molecule has 0 aromatic heterocycles. The Morgan fingerprint density at radius 1 is 1.31 bits per heavy atom. The third-order valence-corrected chi connectivity index (χ3v) is 5.08. The predicted octanol–water partition coefficient (Wildman–Crippen LogP) is 3.77. The highest BCUT2D eigenvalue weighted by atomic mass is 79.9. The van der Waals surface area contributed by atoms with E-state index in [0.717, 1.165) is 43.8 Å². The second-order valence-electron chi connectivity index (χ2n) is 6.39. The molecule has 0 aliphatic heterocycles. The molecule has 144 valence electrons. The van der Waals surface area contributed by atoms with Crippen LogP contribution in [0.15, 0.2) is 27.7 Å². The first-order valence-corrected chi connectivity index (χ1v) is 9.98. The van der Waals surface area contributed by atoms with E-state index in [-0.39, 0.29) is 23.7 Å². The standard InChI is InChI=1S/C19H27BrFN3O2/c1-3-22-19(23-12-13-5-10-16(20)17(21)11-13)24-15-8-6-14(7-9-15)18(25)26-4-2/h5,10-11,14-15H,3-4,6-9,12H2,1-2H3,(H2,22,23,24). The minimum Gasteiger partial charge on any atom is -0.466 e. The fourth-order valence-electron chi connectivity index (χ4n) is 3.06. The smallest absolute Gasteiger partial charge is 0.308 e. The average Bonchev–Trinajstić information content (AvgIpc) is 2.63. The second kappa shape index (κ2) is 10.5. The van der Waals surface area contributed by atoms with Gasteiger partial charge in [-0.2, -0.15) is 0 Å². The molecule has 2 rings (SSSR count). The van der Waals surface area contributed by atoms with Gasteiger partial charge in [0.25, 0.3) is 0 Å². The number of esters is 1. The molecule has 0 heterocycles. The zero-order valence-corrected chi connectivity index (χ0v) is 16.9. The van der Waals surface area contributed by atoms with Gasteiger partial charge in [-0.05, 0) is 73.2 Å². The van der Waals surface area contributed by atoms with Crippen molar-refractivity contribution in [1.29, 1.82) is 0 Å². The van der Waals surface area contributed by atoms with Gasteiger partial charge in [0.15, 0.2) is 5.96 Å². The lowest BCUT2D eigenvalue weighted by molar-refractivity contribution is -0.149.